The smallest absolute Gasteiger partial charge is 0.251 e. The molecule has 96 valence electrons. The summed E-state index contributed by atoms with van der Waals surface area (Å²) in [6.07, 6.45) is 0.208. The Labute approximate surface area is 99.4 Å². The van der Waals surface area contributed by atoms with Crippen molar-refractivity contribution < 1.29 is 22.8 Å². The number of carbonyl (C=O) groups excluding carboxylic acids is 2. The Morgan fingerprint density at radius 2 is 2.00 bits per heavy atom. The summed E-state index contributed by atoms with van der Waals surface area (Å²) in [5.41, 5.74) is 0. The van der Waals surface area contributed by atoms with Gasteiger partial charge in [0.2, 0.25) is 11.8 Å². The lowest BCUT2D eigenvalue weighted by atomic mass is 10.1. The monoisotopic (exact) mass is 259 g/mol. The number of amides is 2. The molecule has 1 fully saturated rings. The number of piperidine rings is 1. The highest BCUT2D eigenvalue weighted by atomic mass is 19.2. The van der Waals surface area contributed by atoms with E-state index in [0.29, 0.717) is 6.07 Å². The van der Waals surface area contributed by atoms with Gasteiger partial charge in [-0.15, -0.1) is 0 Å². The SMILES string of the molecule is O=C1CCC(Nc2nc(F)c(F)cc2F)C(=O)N1. The number of hydrogen-bond acceptors (Lipinski definition) is 4. The van der Waals surface area contributed by atoms with E-state index in [2.05, 4.69) is 10.3 Å². The molecule has 1 aromatic rings. The van der Waals surface area contributed by atoms with Crippen LogP contribution in [0.1, 0.15) is 12.8 Å². The lowest BCUT2D eigenvalue weighted by Gasteiger charge is -2.22. The van der Waals surface area contributed by atoms with E-state index < -0.39 is 41.3 Å². The number of halogens is 3. The molecule has 2 amide bonds. The van der Waals surface area contributed by atoms with Crippen LogP contribution in [0, 0.1) is 17.6 Å². The molecule has 0 aliphatic carbocycles. The van der Waals surface area contributed by atoms with Gasteiger partial charge in [-0.05, 0) is 6.42 Å². The van der Waals surface area contributed by atoms with Gasteiger partial charge in [-0.1, -0.05) is 0 Å². The molecule has 2 N–H and O–H groups in total. The minimum absolute atomic E-state index is 0.0781. The van der Waals surface area contributed by atoms with E-state index >= 15 is 0 Å². The topological polar surface area (TPSA) is 71.1 Å². The van der Waals surface area contributed by atoms with E-state index in [9.17, 15) is 22.8 Å². The quantitative estimate of drug-likeness (QED) is 0.606. The molecule has 5 nitrogen and oxygen atoms in total. The molecule has 1 aliphatic heterocycles. The molecule has 0 radical (unpaired) electrons. The molecule has 1 atom stereocenters. The zero-order chi connectivity index (χ0) is 13.3. The fourth-order valence-electron chi connectivity index (χ4n) is 1.54. The van der Waals surface area contributed by atoms with Gasteiger partial charge in [0.05, 0.1) is 0 Å². The third-order valence-corrected chi connectivity index (χ3v) is 2.44. The second kappa shape index (κ2) is 4.63. The van der Waals surface area contributed by atoms with Crippen LogP contribution >= 0.6 is 0 Å². The highest BCUT2D eigenvalue weighted by molar-refractivity contribution is 6.01. The number of rotatable bonds is 2. The van der Waals surface area contributed by atoms with Gasteiger partial charge in [-0.2, -0.15) is 9.37 Å². The largest absolute Gasteiger partial charge is 0.356 e. The van der Waals surface area contributed by atoms with Crippen molar-refractivity contribution in [3.8, 4) is 0 Å². The van der Waals surface area contributed by atoms with Gasteiger partial charge in [0.1, 0.15) is 6.04 Å². The fourth-order valence-corrected chi connectivity index (χ4v) is 1.54. The Morgan fingerprint density at radius 3 is 2.67 bits per heavy atom. The first-order chi connectivity index (χ1) is 8.47. The molecule has 0 aromatic carbocycles. The second-order valence-corrected chi connectivity index (χ2v) is 3.74. The van der Waals surface area contributed by atoms with Crippen LogP contribution in [0.5, 0.6) is 0 Å². The summed E-state index contributed by atoms with van der Waals surface area (Å²) in [4.78, 5) is 25.3. The molecule has 0 bridgehead atoms. The Morgan fingerprint density at radius 1 is 1.28 bits per heavy atom. The minimum atomic E-state index is -1.47. The average molecular weight is 259 g/mol. The summed E-state index contributed by atoms with van der Waals surface area (Å²) in [7, 11) is 0. The molecular formula is C10H8F3N3O2. The Hall–Kier alpha value is -2.12. The van der Waals surface area contributed by atoms with E-state index in [-0.39, 0.29) is 12.8 Å². The zero-order valence-corrected chi connectivity index (χ0v) is 8.97. The van der Waals surface area contributed by atoms with Crippen LogP contribution in [0.2, 0.25) is 0 Å². The lowest BCUT2D eigenvalue weighted by molar-refractivity contribution is -0.133. The van der Waals surface area contributed by atoms with E-state index in [4.69, 9.17) is 0 Å². The molecule has 1 aliphatic rings. The van der Waals surface area contributed by atoms with Crippen molar-refractivity contribution in [1.29, 1.82) is 0 Å². The highest BCUT2D eigenvalue weighted by Crippen LogP contribution is 2.17. The van der Waals surface area contributed by atoms with Gasteiger partial charge in [0.25, 0.3) is 5.95 Å². The van der Waals surface area contributed by atoms with Crippen molar-refractivity contribution in [1.82, 2.24) is 10.3 Å². The number of aromatic nitrogens is 1. The standard InChI is InChI=1S/C10H8F3N3O2/c11-4-3-5(12)9(16-8(4)13)14-6-1-2-7(17)15-10(6)18/h3,6H,1-2H2,(H,14,16)(H,15,17,18). The van der Waals surface area contributed by atoms with Crippen LogP contribution in [0.15, 0.2) is 6.07 Å². The normalized spacial score (nSPS) is 19.6. The maximum atomic E-state index is 13.3. The molecular weight excluding hydrogens is 251 g/mol. The number of imide groups is 1. The van der Waals surface area contributed by atoms with Crippen LogP contribution < -0.4 is 10.6 Å². The van der Waals surface area contributed by atoms with E-state index in [1.807, 2.05) is 5.32 Å². The van der Waals surface area contributed by atoms with Gasteiger partial charge >= 0.3 is 0 Å². The summed E-state index contributed by atoms with van der Waals surface area (Å²) >= 11 is 0. The lowest BCUT2D eigenvalue weighted by Crippen LogP contribution is -2.47. The van der Waals surface area contributed by atoms with Crippen molar-refractivity contribution in [2.24, 2.45) is 0 Å². The zero-order valence-electron chi connectivity index (χ0n) is 8.97. The third kappa shape index (κ3) is 2.41. The minimum Gasteiger partial charge on any atom is -0.356 e. The molecule has 1 unspecified atom stereocenters. The van der Waals surface area contributed by atoms with Crippen LogP contribution in [-0.2, 0) is 9.59 Å². The number of carbonyl (C=O) groups is 2. The second-order valence-electron chi connectivity index (χ2n) is 3.74. The van der Waals surface area contributed by atoms with E-state index in [1.165, 1.54) is 0 Å². The summed E-state index contributed by atoms with van der Waals surface area (Å²) in [5.74, 6) is -5.65. The number of nitrogens with one attached hydrogen (secondary N) is 2. The van der Waals surface area contributed by atoms with Crippen LogP contribution in [0.25, 0.3) is 0 Å². The molecule has 1 saturated heterocycles. The third-order valence-electron chi connectivity index (χ3n) is 2.44. The Kier molecular flexibility index (Phi) is 3.17. The Bertz CT molecular complexity index is 521. The molecule has 8 heteroatoms. The fraction of sp³-hybridized carbons (Fsp3) is 0.300. The molecule has 1 aromatic heterocycles. The Balaban J connectivity index is 2.17. The molecule has 0 saturated carbocycles. The number of nitrogens with zero attached hydrogens (tertiary/aromatic N) is 1. The van der Waals surface area contributed by atoms with Gasteiger partial charge < -0.3 is 5.32 Å². The summed E-state index contributed by atoms with van der Waals surface area (Å²) < 4.78 is 38.7. The maximum Gasteiger partial charge on any atom is 0.251 e. The van der Waals surface area contributed by atoms with Gasteiger partial charge in [-0.3, -0.25) is 14.9 Å². The number of anilines is 1. The van der Waals surface area contributed by atoms with Gasteiger partial charge in [0, 0.05) is 12.5 Å². The van der Waals surface area contributed by atoms with Crippen molar-refractivity contribution in [3.63, 3.8) is 0 Å². The van der Waals surface area contributed by atoms with Crippen LogP contribution in [0.4, 0.5) is 19.0 Å². The number of hydrogen-bond donors (Lipinski definition) is 2. The maximum absolute atomic E-state index is 13.3. The van der Waals surface area contributed by atoms with Crippen molar-refractivity contribution >= 4 is 17.6 Å². The van der Waals surface area contributed by atoms with Crippen molar-refractivity contribution in [3.05, 3.63) is 23.6 Å². The van der Waals surface area contributed by atoms with Crippen molar-refractivity contribution in [2.45, 2.75) is 18.9 Å². The van der Waals surface area contributed by atoms with Gasteiger partial charge in [0.15, 0.2) is 17.5 Å². The van der Waals surface area contributed by atoms with Gasteiger partial charge in [-0.25, -0.2) is 8.78 Å². The summed E-state index contributed by atoms with van der Waals surface area (Å²) in [6.45, 7) is 0. The first-order valence-electron chi connectivity index (χ1n) is 5.09. The predicted octanol–water partition coefficient (Wildman–Crippen LogP) is 0.716. The molecule has 2 heterocycles. The molecule has 18 heavy (non-hydrogen) atoms. The first-order valence-corrected chi connectivity index (χ1v) is 5.09. The van der Waals surface area contributed by atoms with Crippen LogP contribution in [0.3, 0.4) is 0 Å². The average Bonchev–Trinajstić information content (AvgIpc) is 2.29. The van der Waals surface area contributed by atoms with E-state index in [0.717, 1.165) is 0 Å². The summed E-state index contributed by atoms with van der Waals surface area (Å²) in [6, 6.07) is -0.578. The van der Waals surface area contributed by atoms with Crippen molar-refractivity contribution in [2.75, 3.05) is 5.32 Å². The van der Waals surface area contributed by atoms with E-state index in [1.54, 1.807) is 0 Å². The highest BCUT2D eigenvalue weighted by Gasteiger charge is 2.27. The first kappa shape index (κ1) is 12.3. The summed E-state index contributed by atoms with van der Waals surface area (Å²) in [5, 5.41) is 4.37. The molecule has 2 rings (SSSR count). The number of pyridine rings is 1. The van der Waals surface area contributed by atoms with Crippen LogP contribution in [-0.4, -0.2) is 22.8 Å². The predicted molar refractivity (Wildman–Crippen MR) is 53.9 cm³/mol. The molecule has 0 spiro atoms.